The topological polar surface area (TPSA) is 37.8 Å². The molecule has 0 bridgehead atoms. The molecule has 0 radical (unpaired) electrons. The number of halogens is 2. The van der Waals surface area contributed by atoms with Gasteiger partial charge in [-0.05, 0) is 31.5 Å². The first-order chi connectivity index (χ1) is 9.06. The molecule has 1 N–H and O–H groups in total. The zero-order valence-electron chi connectivity index (χ0n) is 10.8. The number of rotatable bonds is 4. The van der Waals surface area contributed by atoms with E-state index in [0.29, 0.717) is 11.6 Å². The van der Waals surface area contributed by atoms with E-state index in [-0.39, 0.29) is 11.9 Å². The fourth-order valence-electron chi connectivity index (χ4n) is 1.73. The fraction of sp³-hybridized carbons (Fsp3) is 0.286. The maximum Gasteiger partial charge on any atom is 0.124 e. The smallest absolute Gasteiger partial charge is 0.124 e. The molecule has 1 unspecified atom stereocenters. The Morgan fingerprint density at radius 1 is 1.32 bits per heavy atom. The Kier molecular flexibility index (Phi) is 4.45. The molecule has 0 spiro atoms. The van der Waals surface area contributed by atoms with Gasteiger partial charge in [-0.25, -0.2) is 4.39 Å². The number of hydrogen-bond donors (Lipinski definition) is 1. The van der Waals surface area contributed by atoms with E-state index >= 15 is 0 Å². The van der Waals surface area contributed by atoms with E-state index in [9.17, 15) is 4.39 Å². The molecule has 0 aliphatic carbocycles. The van der Waals surface area contributed by atoms with Crippen LogP contribution in [0.25, 0.3) is 0 Å². The number of aromatic nitrogens is 2. The third kappa shape index (κ3) is 3.72. The minimum atomic E-state index is -0.328. The predicted molar refractivity (Wildman–Crippen MR) is 73.4 cm³/mol. The van der Waals surface area contributed by atoms with E-state index in [1.807, 2.05) is 13.8 Å². The molecular weight excluding hydrogens is 265 g/mol. The highest BCUT2D eigenvalue weighted by Gasteiger charge is 2.10. The zero-order valence-corrected chi connectivity index (χ0v) is 11.6. The monoisotopic (exact) mass is 279 g/mol. The van der Waals surface area contributed by atoms with Gasteiger partial charge in [0.25, 0.3) is 0 Å². The second kappa shape index (κ2) is 6.08. The third-order valence-electron chi connectivity index (χ3n) is 2.85. The van der Waals surface area contributed by atoms with Gasteiger partial charge in [-0.15, -0.1) is 0 Å². The molecule has 5 heteroatoms. The summed E-state index contributed by atoms with van der Waals surface area (Å²) in [7, 11) is 0. The minimum absolute atomic E-state index is 0.0104. The largest absolute Gasteiger partial charge is 0.304 e. The van der Waals surface area contributed by atoms with Gasteiger partial charge in [0.1, 0.15) is 5.82 Å². The van der Waals surface area contributed by atoms with Crippen LogP contribution in [-0.4, -0.2) is 9.97 Å². The highest BCUT2D eigenvalue weighted by Crippen LogP contribution is 2.23. The van der Waals surface area contributed by atoms with Crippen molar-refractivity contribution in [3.63, 3.8) is 0 Å². The van der Waals surface area contributed by atoms with Gasteiger partial charge in [0.2, 0.25) is 0 Å². The Bertz CT molecular complexity index is 557. The second-order valence-electron chi connectivity index (χ2n) is 4.42. The van der Waals surface area contributed by atoms with Crippen molar-refractivity contribution in [1.29, 1.82) is 0 Å². The van der Waals surface area contributed by atoms with Crippen LogP contribution >= 0.6 is 11.6 Å². The first kappa shape index (κ1) is 13.9. The molecule has 0 aliphatic heterocycles. The van der Waals surface area contributed by atoms with E-state index in [1.165, 1.54) is 12.1 Å². The Morgan fingerprint density at radius 2 is 2.11 bits per heavy atom. The standard InChI is InChI=1S/C14H15ClFN3/c1-9-6-19-12(7-17-9)8-18-10(2)13-4-3-11(16)5-14(13)15/h3-7,10,18H,8H2,1-2H3. The SMILES string of the molecule is Cc1cnc(CNC(C)c2ccc(F)cc2Cl)cn1. The molecule has 2 rings (SSSR count). The Morgan fingerprint density at radius 3 is 2.74 bits per heavy atom. The predicted octanol–water partition coefficient (Wildman–Crippen LogP) is 3.43. The summed E-state index contributed by atoms with van der Waals surface area (Å²) >= 11 is 6.02. The van der Waals surface area contributed by atoms with Gasteiger partial charge < -0.3 is 5.32 Å². The lowest BCUT2D eigenvalue weighted by Gasteiger charge is -2.15. The Hall–Kier alpha value is -1.52. The quantitative estimate of drug-likeness (QED) is 0.932. The summed E-state index contributed by atoms with van der Waals surface area (Å²) < 4.78 is 13.0. The highest BCUT2D eigenvalue weighted by molar-refractivity contribution is 6.31. The first-order valence-electron chi connectivity index (χ1n) is 6.02. The van der Waals surface area contributed by atoms with Crippen LogP contribution in [0.2, 0.25) is 5.02 Å². The molecule has 19 heavy (non-hydrogen) atoms. The van der Waals surface area contributed by atoms with Crippen molar-refractivity contribution < 1.29 is 4.39 Å². The molecule has 0 amide bonds. The maximum atomic E-state index is 13.0. The van der Waals surface area contributed by atoms with Crippen molar-refractivity contribution in [2.75, 3.05) is 0 Å². The summed E-state index contributed by atoms with van der Waals surface area (Å²) in [5.74, 6) is -0.328. The number of benzene rings is 1. The summed E-state index contributed by atoms with van der Waals surface area (Å²) in [5.41, 5.74) is 2.61. The van der Waals surface area contributed by atoms with E-state index < -0.39 is 0 Å². The lowest BCUT2D eigenvalue weighted by Crippen LogP contribution is -2.19. The van der Waals surface area contributed by atoms with Crippen LogP contribution in [0.4, 0.5) is 4.39 Å². The van der Waals surface area contributed by atoms with Crippen LogP contribution in [0.5, 0.6) is 0 Å². The Balaban J connectivity index is 2.01. The van der Waals surface area contributed by atoms with Crippen molar-refractivity contribution in [2.45, 2.75) is 26.4 Å². The van der Waals surface area contributed by atoms with E-state index in [0.717, 1.165) is 17.0 Å². The second-order valence-corrected chi connectivity index (χ2v) is 4.82. The molecule has 3 nitrogen and oxygen atoms in total. The zero-order chi connectivity index (χ0) is 13.8. The third-order valence-corrected chi connectivity index (χ3v) is 3.18. The molecule has 0 aliphatic rings. The Labute approximate surface area is 116 Å². The highest BCUT2D eigenvalue weighted by atomic mass is 35.5. The van der Waals surface area contributed by atoms with Gasteiger partial charge >= 0.3 is 0 Å². The van der Waals surface area contributed by atoms with Crippen LogP contribution < -0.4 is 5.32 Å². The average molecular weight is 280 g/mol. The normalized spacial score (nSPS) is 12.4. The van der Waals surface area contributed by atoms with Crippen molar-refractivity contribution in [3.05, 3.63) is 58.4 Å². The summed E-state index contributed by atoms with van der Waals surface area (Å²) in [4.78, 5) is 8.44. The van der Waals surface area contributed by atoms with Crippen molar-refractivity contribution >= 4 is 11.6 Å². The summed E-state index contributed by atoms with van der Waals surface area (Å²) in [6.45, 7) is 4.45. The molecule has 1 atom stereocenters. The van der Waals surface area contributed by atoms with Gasteiger partial charge in [0, 0.05) is 30.0 Å². The summed E-state index contributed by atoms with van der Waals surface area (Å²) in [5, 5.41) is 3.71. The van der Waals surface area contributed by atoms with E-state index in [4.69, 9.17) is 11.6 Å². The molecule has 100 valence electrons. The number of nitrogens with one attached hydrogen (secondary N) is 1. The number of hydrogen-bond acceptors (Lipinski definition) is 3. The lowest BCUT2D eigenvalue weighted by molar-refractivity contribution is 0.563. The number of nitrogens with zero attached hydrogens (tertiary/aromatic N) is 2. The van der Waals surface area contributed by atoms with Crippen LogP contribution in [0.15, 0.2) is 30.6 Å². The van der Waals surface area contributed by atoms with E-state index in [2.05, 4.69) is 15.3 Å². The first-order valence-corrected chi connectivity index (χ1v) is 6.40. The summed E-state index contributed by atoms with van der Waals surface area (Å²) in [6.07, 6.45) is 3.47. The number of aryl methyl sites for hydroxylation is 1. The van der Waals surface area contributed by atoms with Gasteiger partial charge in [-0.1, -0.05) is 17.7 Å². The van der Waals surface area contributed by atoms with Crippen molar-refractivity contribution in [3.8, 4) is 0 Å². The van der Waals surface area contributed by atoms with Crippen LogP contribution in [0.3, 0.4) is 0 Å². The minimum Gasteiger partial charge on any atom is -0.304 e. The van der Waals surface area contributed by atoms with Crippen molar-refractivity contribution in [2.24, 2.45) is 0 Å². The van der Waals surface area contributed by atoms with Crippen LogP contribution in [-0.2, 0) is 6.54 Å². The van der Waals surface area contributed by atoms with Crippen LogP contribution in [0.1, 0.15) is 29.9 Å². The lowest BCUT2D eigenvalue weighted by atomic mass is 10.1. The molecule has 1 heterocycles. The average Bonchev–Trinajstić information content (AvgIpc) is 2.37. The molecule has 0 saturated heterocycles. The van der Waals surface area contributed by atoms with Gasteiger partial charge in [0.15, 0.2) is 0 Å². The summed E-state index contributed by atoms with van der Waals surface area (Å²) in [6, 6.07) is 4.43. The van der Waals surface area contributed by atoms with Crippen LogP contribution in [0, 0.1) is 12.7 Å². The molecule has 0 saturated carbocycles. The maximum absolute atomic E-state index is 13.0. The van der Waals surface area contributed by atoms with Gasteiger partial charge in [-0.2, -0.15) is 0 Å². The molecule has 2 aromatic rings. The molecule has 0 fully saturated rings. The molecule has 1 aromatic carbocycles. The fourth-order valence-corrected chi connectivity index (χ4v) is 2.06. The van der Waals surface area contributed by atoms with Gasteiger partial charge in [0.05, 0.1) is 11.4 Å². The molecular formula is C14H15ClFN3. The molecule has 1 aromatic heterocycles. The van der Waals surface area contributed by atoms with Gasteiger partial charge in [-0.3, -0.25) is 9.97 Å². The van der Waals surface area contributed by atoms with E-state index in [1.54, 1.807) is 18.5 Å². The van der Waals surface area contributed by atoms with Crippen molar-refractivity contribution in [1.82, 2.24) is 15.3 Å².